The average molecular weight is 1200 g/mol. The predicted molar refractivity (Wildman–Crippen MR) is 360 cm³/mol. The van der Waals surface area contributed by atoms with Gasteiger partial charge in [-0.2, -0.15) is 13.2 Å². The topological polar surface area (TPSA) is 61.4 Å². The maximum absolute atomic E-state index is 17.9. The summed E-state index contributed by atoms with van der Waals surface area (Å²) in [5.41, 5.74) is 11.1. The molecule has 0 aliphatic carbocycles. The first-order chi connectivity index (χ1) is 45.1. The second-order valence-corrected chi connectivity index (χ2v) is 22.7. The van der Waals surface area contributed by atoms with Crippen molar-refractivity contribution in [1.29, 1.82) is 0 Å². The van der Waals surface area contributed by atoms with E-state index in [-0.39, 0.29) is 11.3 Å². The van der Waals surface area contributed by atoms with Crippen LogP contribution in [-0.2, 0) is 6.18 Å². The third-order valence-electron chi connectivity index (χ3n) is 17.3. The van der Waals surface area contributed by atoms with Gasteiger partial charge in [0.2, 0.25) is 0 Å². The molecule has 0 aliphatic heterocycles. The van der Waals surface area contributed by atoms with Crippen molar-refractivity contribution in [2.45, 2.75) is 6.18 Å². The Balaban J connectivity index is 1.02. The molecule has 16 rings (SSSR count). The lowest BCUT2D eigenvalue weighted by molar-refractivity contribution is -0.137. The largest absolute Gasteiger partial charge is 0.420 e. The third kappa shape index (κ3) is 9.84. The van der Waals surface area contributed by atoms with Gasteiger partial charge in [0, 0.05) is 74.1 Å². The summed E-state index contributed by atoms with van der Waals surface area (Å²) in [5, 5.41) is 2.57. The molecular weight excluding hydrogens is 1150 g/mol. The van der Waals surface area contributed by atoms with Crippen molar-refractivity contribution in [3.63, 3.8) is 0 Å². The van der Waals surface area contributed by atoms with E-state index in [1.165, 1.54) is 18.2 Å². The SMILES string of the molecule is Fc1cccc(F)c1-c1ccc(-n2c3cc(-c4ccnc(-c5ccccc5)c4)ccc3c3ccc(-c4ccnc(-c5ccccc5)c4)cc32)c(C(F)(F)F)c1-n1c2cc(-c3ccnc(-c4ccccc4)c3)ccc2c2ccc(-c3ccnc(-c4ccccc4)c3)cc21. The van der Waals surface area contributed by atoms with E-state index in [4.69, 9.17) is 19.9 Å². The van der Waals surface area contributed by atoms with Gasteiger partial charge in [0.15, 0.2) is 0 Å². The monoisotopic (exact) mass is 1200 g/mol. The molecule has 0 saturated carbocycles. The van der Waals surface area contributed by atoms with Crippen LogP contribution in [0.5, 0.6) is 0 Å². The Morgan fingerprint density at radius 1 is 0.272 bits per heavy atom. The van der Waals surface area contributed by atoms with Gasteiger partial charge in [0.1, 0.15) is 17.2 Å². The molecule has 11 heteroatoms. The molecule has 92 heavy (non-hydrogen) atoms. The fourth-order valence-corrected chi connectivity index (χ4v) is 13.0. The van der Waals surface area contributed by atoms with Crippen LogP contribution in [0.4, 0.5) is 22.0 Å². The van der Waals surface area contributed by atoms with E-state index >= 15 is 22.0 Å². The van der Waals surface area contributed by atoms with E-state index < -0.39 is 34.6 Å². The number of fused-ring (bicyclic) bond motifs is 6. The lowest BCUT2D eigenvalue weighted by Crippen LogP contribution is -2.17. The van der Waals surface area contributed by atoms with Gasteiger partial charge in [-0.15, -0.1) is 0 Å². The maximum Gasteiger partial charge on any atom is 0.420 e. The molecule has 0 amide bonds. The van der Waals surface area contributed by atoms with Crippen LogP contribution in [0.1, 0.15) is 5.56 Å². The molecule has 6 nitrogen and oxygen atoms in total. The first kappa shape index (κ1) is 55.4. The summed E-state index contributed by atoms with van der Waals surface area (Å²) in [5.74, 6) is -2.06. The van der Waals surface area contributed by atoms with Crippen molar-refractivity contribution in [3.05, 3.63) is 315 Å². The van der Waals surface area contributed by atoms with Crippen molar-refractivity contribution in [1.82, 2.24) is 29.1 Å². The minimum Gasteiger partial charge on any atom is -0.309 e. The molecule has 0 spiro atoms. The van der Waals surface area contributed by atoms with E-state index in [9.17, 15) is 0 Å². The number of hydrogen-bond acceptors (Lipinski definition) is 4. The van der Waals surface area contributed by atoms with Crippen LogP contribution in [0, 0.1) is 11.6 Å². The summed E-state index contributed by atoms with van der Waals surface area (Å²) in [6, 6.07) is 83.6. The molecule has 0 saturated heterocycles. The zero-order chi connectivity index (χ0) is 62.0. The van der Waals surface area contributed by atoms with Crippen LogP contribution in [0.25, 0.3) is 156 Å². The van der Waals surface area contributed by atoms with E-state index in [2.05, 4.69) is 0 Å². The molecule has 6 heterocycles. The Bertz CT molecular complexity index is 5230. The summed E-state index contributed by atoms with van der Waals surface area (Å²) in [7, 11) is 0. The number of benzene rings is 10. The van der Waals surface area contributed by atoms with Crippen molar-refractivity contribution in [2.75, 3.05) is 0 Å². The first-order valence-electron chi connectivity index (χ1n) is 30.0. The van der Waals surface area contributed by atoms with Crippen molar-refractivity contribution < 1.29 is 22.0 Å². The molecular formula is C81H49F5N6. The quantitative estimate of drug-likeness (QED) is 0.121. The van der Waals surface area contributed by atoms with Gasteiger partial charge < -0.3 is 9.13 Å². The van der Waals surface area contributed by atoms with Crippen molar-refractivity contribution >= 4 is 43.6 Å². The molecule has 6 aromatic heterocycles. The highest BCUT2D eigenvalue weighted by Crippen LogP contribution is 2.50. The lowest BCUT2D eigenvalue weighted by atomic mass is 9.96. The summed E-state index contributed by atoms with van der Waals surface area (Å²) >= 11 is 0. The fourth-order valence-electron chi connectivity index (χ4n) is 13.0. The highest BCUT2D eigenvalue weighted by Gasteiger charge is 2.41. The standard InChI is InChI=1S/C81H49F5N6/c82-67-22-13-23-68(83)78(67)66-32-33-73(91-74-46-54(58-34-38-87-69(42-58)50-14-5-1-6-15-50)24-28-62(74)63-29-25-55(47-75(63)91)59-35-39-88-70(43-59)51-16-7-2-8-17-51)79(81(84,85)86)80(66)92-76-48-56(60-36-40-89-71(44-60)52-18-9-3-10-19-52)26-30-64(76)65-31-27-57(49-77(65)92)61-37-41-90-72(45-61)53-20-11-4-12-21-53/h1-49H. The van der Waals surface area contributed by atoms with Gasteiger partial charge in [-0.3, -0.25) is 19.9 Å². The highest BCUT2D eigenvalue weighted by molar-refractivity contribution is 6.14. The van der Waals surface area contributed by atoms with Crippen molar-refractivity contribution in [2.24, 2.45) is 0 Å². The maximum atomic E-state index is 17.9. The summed E-state index contributed by atoms with van der Waals surface area (Å²) in [6.07, 6.45) is 1.67. The molecule has 0 aliphatic rings. The molecule has 0 radical (unpaired) electrons. The summed E-state index contributed by atoms with van der Waals surface area (Å²) in [6.45, 7) is 0. The fraction of sp³-hybridized carbons (Fsp3) is 0.0123. The van der Waals surface area contributed by atoms with E-state index in [0.29, 0.717) is 66.1 Å². The molecule has 16 aromatic rings. The zero-order valence-electron chi connectivity index (χ0n) is 48.9. The van der Waals surface area contributed by atoms with Crippen LogP contribution in [0.15, 0.2) is 298 Å². The van der Waals surface area contributed by atoms with Crippen LogP contribution < -0.4 is 0 Å². The number of nitrogens with zero attached hydrogens (tertiary/aromatic N) is 6. The number of aromatic nitrogens is 6. The number of rotatable bonds is 11. The van der Waals surface area contributed by atoms with Gasteiger partial charge in [-0.25, -0.2) is 8.78 Å². The Kier molecular flexibility index (Phi) is 13.6. The molecule has 10 aromatic carbocycles. The van der Waals surface area contributed by atoms with Crippen LogP contribution in [-0.4, -0.2) is 29.1 Å². The minimum atomic E-state index is -5.21. The van der Waals surface area contributed by atoms with E-state index in [1.54, 1.807) is 33.9 Å². The zero-order valence-corrected chi connectivity index (χ0v) is 48.9. The normalized spacial score (nSPS) is 11.8. The number of alkyl halides is 3. The van der Waals surface area contributed by atoms with Gasteiger partial charge in [-0.1, -0.05) is 176 Å². The molecule has 438 valence electrons. The first-order valence-corrected chi connectivity index (χ1v) is 30.0. The van der Waals surface area contributed by atoms with Crippen molar-refractivity contribution in [3.8, 4) is 112 Å². The second-order valence-electron chi connectivity index (χ2n) is 22.7. The Labute approximate surface area is 525 Å². The Morgan fingerprint density at radius 3 is 0.891 bits per heavy atom. The molecule has 0 unspecified atom stereocenters. The highest BCUT2D eigenvalue weighted by atomic mass is 19.4. The van der Waals surface area contributed by atoms with Crippen LogP contribution in [0.2, 0.25) is 0 Å². The third-order valence-corrected chi connectivity index (χ3v) is 17.3. The molecule has 0 atom stereocenters. The van der Waals surface area contributed by atoms with Gasteiger partial charge in [0.25, 0.3) is 0 Å². The smallest absolute Gasteiger partial charge is 0.309 e. The van der Waals surface area contributed by atoms with Gasteiger partial charge >= 0.3 is 6.18 Å². The van der Waals surface area contributed by atoms with E-state index in [0.717, 1.165) is 79.2 Å². The number of halogens is 5. The average Bonchev–Trinajstić information content (AvgIpc) is 1.49. The Hall–Kier alpha value is -12.0. The Morgan fingerprint density at radius 2 is 0.576 bits per heavy atom. The van der Waals surface area contributed by atoms with E-state index in [1.807, 2.05) is 243 Å². The number of hydrogen-bond donors (Lipinski definition) is 0. The molecule has 0 bridgehead atoms. The molecule has 0 N–H and O–H groups in total. The lowest BCUT2D eigenvalue weighted by Gasteiger charge is -2.25. The number of pyridine rings is 4. The second kappa shape index (κ2) is 22.6. The van der Waals surface area contributed by atoms with Crippen LogP contribution >= 0.6 is 0 Å². The predicted octanol–water partition coefficient (Wildman–Crippen LogP) is 21.8. The minimum absolute atomic E-state index is 0.271. The van der Waals surface area contributed by atoms with Crippen LogP contribution in [0.3, 0.4) is 0 Å². The molecule has 0 fully saturated rings. The van der Waals surface area contributed by atoms with Gasteiger partial charge in [-0.05, 0) is 142 Å². The van der Waals surface area contributed by atoms with Gasteiger partial charge in [0.05, 0.1) is 61.8 Å². The summed E-state index contributed by atoms with van der Waals surface area (Å²) in [4.78, 5) is 18.8. The summed E-state index contributed by atoms with van der Waals surface area (Å²) < 4.78 is 91.2.